The van der Waals surface area contributed by atoms with Crippen molar-refractivity contribution < 1.29 is 4.42 Å². The number of nitrogens with zero attached hydrogens (tertiary/aromatic N) is 2. The van der Waals surface area contributed by atoms with E-state index in [4.69, 9.17) is 14.4 Å². The first kappa shape index (κ1) is 30.7. The molecule has 0 spiro atoms. The number of benzene rings is 8. The summed E-state index contributed by atoms with van der Waals surface area (Å²) in [6.07, 6.45) is 0. The summed E-state index contributed by atoms with van der Waals surface area (Å²) in [6.45, 7) is 0. The lowest BCUT2D eigenvalue weighted by molar-refractivity contribution is 0.670. The Morgan fingerprint density at radius 3 is 1.93 bits per heavy atom. The highest BCUT2D eigenvalue weighted by molar-refractivity contribution is 7.25. The third-order valence-electron chi connectivity index (χ3n) is 10.5. The number of rotatable bonds is 5. The molecule has 11 rings (SSSR count). The van der Waals surface area contributed by atoms with E-state index in [1.165, 1.54) is 36.5 Å². The second-order valence-electron chi connectivity index (χ2n) is 13.8. The average molecular weight is 707 g/mol. The molecular weight excluding hydrogens is 677 g/mol. The summed E-state index contributed by atoms with van der Waals surface area (Å²) in [5.41, 5.74) is 10.8. The summed E-state index contributed by atoms with van der Waals surface area (Å²) in [7, 11) is 0. The van der Waals surface area contributed by atoms with Gasteiger partial charge in [-0.05, 0) is 93.7 Å². The monoisotopic (exact) mass is 706 g/mol. The van der Waals surface area contributed by atoms with Gasteiger partial charge in [-0.2, -0.15) is 0 Å². The Bertz CT molecular complexity index is 3230. The van der Waals surface area contributed by atoms with Crippen LogP contribution in [0.2, 0.25) is 0 Å². The summed E-state index contributed by atoms with van der Waals surface area (Å²) in [4.78, 5) is 10.5. The molecule has 252 valence electrons. The van der Waals surface area contributed by atoms with Crippen molar-refractivity contribution in [1.82, 2.24) is 9.97 Å². The zero-order chi connectivity index (χ0) is 35.6. The molecule has 0 amide bonds. The Labute approximate surface area is 315 Å². The third-order valence-corrected chi connectivity index (χ3v) is 11.6. The first-order valence-electron chi connectivity index (χ1n) is 18.1. The molecule has 3 aromatic heterocycles. The fourth-order valence-electron chi connectivity index (χ4n) is 7.78. The largest absolute Gasteiger partial charge is 0.455 e. The number of fused-ring (bicyclic) bond motifs is 7. The van der Waals surface area contributed by atoms with Crippen LogP contribution in [0.3, 0.4) is 0 Å². The second-order valence-corrected chi connectivity index (χ2v) is 14.9. The summed E-state index contributed by atoms with van der Waals surface area (Å²) < 4.78 is 9.11. The minimum atomic E-state index is 0.667. The third kappa shape index (κ3) is 5.19. The highest BCUT2D eigenvalue weighted by Gasteiger charge is 2.18. The van der Waals surface area contributed by atoms with Gasteiger partial charge < -0.3 is 4.42 Å². The van der Waals surface area contributed by atoms with Crippen LogP contribution in [0.4, 0.5) is 0 Å². The molecule has 11 aromatic rings. The summed E-state index contributed by atoms with van der Waals surface area (Å²) in [6, 6.07) is 64.6. The zero-order valence-corrected chi connectivity index (χ0v) is 29.8. The maximum atomic E-state index is 6.52. The van der Waals surface area contributed by atoms with E-state index in [0.717, 1.165) is 66.7 Å². The molecule has 0 saturated heterocycles. The van der Waals surface area contributed by atoms with Crippen LogP contribution in [-0.2, 0) is 0 Å². The van der Waals surface area contributed by atoms with Gasteiger partial charge in [-0.25, -0.2) is 9.97 Å². The lowest BCUT2D eigenvalue weighted by Gasteiger charge is -2.14. The second kappa shape index (κ2) is 12.4. The molecule has 0 saturated carbocycles. The fraction of sp³-hybridized carbons (Fsp3) is 0. The number of aromatic nitrogens is 2. The van der Waals surface area contributed by atoms with Gasteiger partial charge in [0.2, 0.25) is 0 Å². The predicted molar refractivity (Wildman–Crippen MR) is 227 cm³/mol. The number of hydrogen-bond acceptors (Lipinski definition) is 4. The van der Waals surface area contributed by atoms with Gasteiger partial charge in [0, 0.05) is 47.6 Å². The number of hydrogen-bond donors (Lipinski definition) is 0. The van der Waals surface area contributed by atoms with Crippen LogP contribution in [0, 0.1) is 0 Å². The SMILES string of the molecule is c1ccc(-c2nc(-c3cc(-c4ccc5ccccc5c4)cc(-c4ccc5sc6ccccc6c5c4)c3)cc(-c3cccc4c3oc3ccccc34)n2)cc1. The molecule has 3 heterocycles. The number of thiophene rings is 1. The molecule has 0 aliphatic heterocycles. The molecule has 0 radical (unpaired) electrons. The first-order valence-corrected chi connectivity index (χ1v) is 18.9. The average Bonchev–Trinajstić information content (AvgIpc) is 3.82. The van der Waals surface area contributed by atoms with E-state index in [1.807, 2.05) is 41.7 Å². The lowest BCUT2D eigenvalue weighted by atomic mass is 9.93. The Kier molecular flexibility index (Phi) is 7.04. The van der Waals surface area contributed by atoms with E-state index < -0.39 is 0 Å². The highest BCUT2D eigenvalue weighted by atomic mass is 32.1. The minimum Gasteiger partial charge on any atom is -0.455 e. The van der Waals surface area contributed by atoms with Gasteiger partial charge in [0.25, 0.3) is 0 Å². The van der Waals surface area contributed by atoms with E-state index in [9.17, 15) is 0 Å². The molecule has 0 bridgehead atoms. The lowest BCUT2D eigenvalue weighted by Crippen LogP contribution is -1.97. The van der Waals surface area contributed by atoms with Gasteiger partial charge in [-0.1, -0.05) is 121 Å². The molecule has 0 N–H and O–H groups in total. The normalized spacial score (nSPS) is 11.7. The van der Waals surface area contributed by atoms with Crippen LogP contribution in [0.15, 0.2) is 186 Å². The highest BCUT2D eigenvalue weighted by Crippen LogP contribution is 2.41. The van der Waals surface area contributed by atoms with Crippen LogP contribution in [-0.4, -0.2) is 9.97 Å². The van der Waals surface area contributed by atoms with Crippen LogP contribution < -0.4 is 0 Å². The summed E-state index contributed by atoms with van der Waals surface area (Å²) >= 11 is 1.84. The van der Waals surface area contributed by atoms with E-state index in [2.05, 4.69) is 152 Å². The van der Waals surface area contributed by atoms with E-state index in [0.29, 0.717) is 5.82 Å². The molecule has 8 aromatic carbocycles. The Balaban J connectivity index is 1.16. The summed E-state index contributed by atoms with van der Waals surface area (Å²) in [5, 5.41) is 7.16. The molecular formula is C50H30N2OS. The van der Waals surface area contributed by atoms with E-state index in [1.54, 1.807) is 0 Å². The predicted octanol–water partition coefficient (Wildman–Crippen LogP) is 14.2. The topological polar surface area (TPSA) is 38.9 Å². The van der Waals surface area contributed by atoms with Crippen LogP contribution in [0.5, 0.6) is 0 Å². The fourth-order valence-corrected chi connectivity index (χ4v) is 8.87. The van der Waals surface area contributed by atoms with Crippen molar-refractivity contribution in [2.45, 2.75) is 0 Å². The maximum Gasteiger partial charge on any atom is 0.160 e. The maximum absolute atomic E-state index is 6.52. The summed E-state index contributed by atoms with van der Waals surface area (Å²) in [5.74, 6) is 0.667. The van der Waals surface area contributed by atoms with Gasteiger partial charge in [-0.15, -0.1) is 11.3 Å². The van der Waals surface area contributed by atoms with Gasteiger partial charge in [0.15, 0.2) is 5.82 Å². The van der Waals surface area contributed by atoms with Crippen molar-refractivity contribution in [3.05, 3.63) is 182 Å². The molecule has 0 unspecified atom stereocenters. The van der Waals surface area contributed by atoms with Crippen molar-refractivity contribution in [3.63, 3.8) is 0 Å². The smallest absolute Gasteiger partial charge is 0.160 e. The van der Waals surface area contributed by atoms with Crippen molar-refractivity contribution in [2.24, 2.45) is 0 Å². The standard InChI is InChI=1S/C50H30N2OS/c1-2-12-32(13-3-1)50-51-44(30-45(52-50)42-18-10-17-41-39-15-6-8-19-46(39)53-49(41)42)38-27-36(34-22-21-31-11-4-5-14-33(31)25-34)26-37(28-38)35-23-24-48-43(29-35)40-16-7-9-20-47(40)54-48/h1-30H. The molecule has 0 atom stereocenters. The Morgan fingerprint density at radius 1 is 0.370 bits per heavy atom. The van der Waals surface area contributed by atoms with Gasteiger partial charge in [0.05, 0.1) is 11.4 Å². The Hall–Kier alpha value is -6.88. The van der Waals surface area contributed by atoms with Gasteiger partial charge in [-0.3, -0.25) is 0 Å². The molecule has 0 aliphatic carbocycles. The van der Waals surface area contributed by atoms with Crippen molar-refractivity contribution in [1.29, 1.82) is 0 Å². The van der Waals surface area contributed by atoms with Crippen molar-refractivity contribution in [3.8, 4) is 56.2 Å². The van der Waals surface area contributed by atoms with Gasteiger partial charge >= 0.3 is 0 Å². The molecule has 54 heavy (non-hydrogen) atoms. The van der Waals surface area contributed by atoms with Crippen LogP contribution in [0.1, 0.15) is 0 Å². The quantitative estimate of drug-likeness (QED) is 0.179. The van der Waals surface area contributed by atoms with Crippen molar-refractivity contribution >= 4 is 64.2 Å². The molecule has 3 nitrogen and oxygen atoms in total. The van der Waals surface area contributed by atoms with Crippen LogP contribution in [0.25, 0.3) is 109 Å². The van der Waals surface area contributed by atoms with Gasteiger partial charge in [0.1, 0.15) is 11.2 Å². The van der Waals surface area contributed by atoms with E-state index in [-0.39, 0.29) is 0 Å². The number of furan rings is 1. The molecule has 0 aliphatic rings. The Morgan fingerprint density at radius 2 is 1.04 bits per heavy atom. The molecule has 0 fully saturated rings. The first-order chi connectivity index (χ1) is 26.7. The van der Waals surface area contributed by atoms with Crippen molar-refractivity contribution in [2.75, 3.05) is 0 Å². The number of para-hydroxylation sites is 2. The minimum absolute atomic E-state index is 0.667. The van der Waals surface area contributed by atoms with E-state index >= 15 is 0 Å². The molecule has 4 heteroatoms. The van der Waals surface area contributed by atoms with Crippen LogP contribution >= 0.6 is 11.3 Å². The zero-order valence-electron chi connectivity index (χ0n) is 29.0.